The predicted molar refractivity (Wildman–Crippen MR) is 145 cm³/mol. The Morgan fingerprint density at radius 2 is 1.51 bits per heavy atom. The molecule has 0 spiro atoms. The number of likely N-dealkylation sites (tertiary alicyclic amines) is 1. The number of nitrogens with two attached hydrogens (primary N) is 2. The molecule has 1 aliphatic rings. The summed E-state index contributed by atoms with van der Waals surface area (Å²) in [6.07, 6.45) is 3.15. The lowest BCUT2D eigenvalue weighted by Gasteiger charge is -2.31. The summed E-state index contributed by atoms with van der Waals surface area (Å²) in [5.41, 5.74) is 11.6. The van der Waals surface area contributed by atoms with Crippen molar-refractivity contribution in [2.24, 2.45) is 23.3 Å². The van der Waals surface area contributed by atoms with E-state index >= 15 is 0 Å². The van der Waals surface area contributed by atoms with E-state index in [9.17, 15) is 29.1 Å². The molecule has 1 heterocycles. The Morgan fingerprint density at radius 1 is 0.897 bits per heavy atom. The number of unbranched alkanes of at least 4 members (excludes halogenated alkanes) is 1. The monoisotopic (exact) mass is 556 g/mol. The number of carboxylic acid groups (broad SMARTS) is 1. The van der Waals surface area contributed by atoms with Gasteiger partial charge in [-0.2, -0.15) is 0 Å². The van der Waals surface area contributed by atoms with Crippen LogP contribution in [-0.4, -0.2) is 94.6 Å². The number of aliphatic hydroxyl groups excluding tert-OH is 1. The number of nitrogens with one attached hydrogen (secondary N) is 3. The highest BCUT2D eigenvalue weighted by atomic mass is 16.4. The summed E-state index contributed by atoms with van der Waals surface area (Å²) < 4.78 is 0. The van der Waals surface area contributed by atoms with Crippen molar-refractivity contribution < 1.29 is 34.2 Å². The normalized spacial score (nSPS) is 18.4. The first-order valence-electron chi connectivity index (χ1n) is 13.8. The maximum Gasteiger partial charge on any atom is 0.328 e. The van der Waals surface area contributed by atoms with Gasteiger partial charge in [0.2, 0.25) is 23.6 Å². The quantitative estimate of drug-likeness (QED) is 0.110. The van der Waals surface area contributed by atoms with Gasteiger partial charge in [0.25, 0.3) is 0 Å². The number of hydrogen-bond acceptors (Lipinski definition) is 8. The second-order valence-corrected chi connectivity index (χ2v) is 11.0. The molecule has 1 saturated heterocycles. The van der Waals surface area contributed by atoms with E-state index in [0.717, 1.165) is 0 Å². The fraction of sp³-hybridized carbons (Fsp3) is 0.808. The molecule has 1 rings (SSSR count). The molecule has 39 heavy (non-hydrogen) atoms. The first-order chi connectivity index (χ1) is 18.3. The van der Waals surface area contributed by atoms with Crippen LogP contribution in [0.15, 0.2) is 0 Å². The Balaban J connectivity index is 3.07. The molecule has 0 aliphatic carbocycles. The molecular formula is C26H48N6O7. The second kappa shape index (κ2) is 17.0. The van der Waals surface area contributed by atoms with Gasteiger partial charge in [-0.1, -0.05) is 27.7 Å². The fourth-order valence-electron chi connectivity index (χ4n) is 4.58. The Labute approximate surface area is 230 Å². The van der Waals surface area contributed by atoms with E-state index in [0.29, 0.717) is 51.5 Å². The fourth-order valence-corrected chi connectivity index (χ4v) is 4.58. The predicted octanol–water partition coefficient (Wildman–Crippen LogP) is -0.943. The van der Waals surface area contributed by atoms with Gasteiger partial charge in [-0.15, -0.1) is 0 Å². The summed E-state index contributed by atoms with van der Waals surface area (Å²) in [4.78, 5) is 65.0. The van der Waals surface area contributed by atoms with Crippen molar-refractivity contribution in [3.05, 3.63) is 0 Å². The van der Waals surface area contributed by atoms with E-state index in [1.54, 1.807) is 0 Å². The summed E-state index contributed by atoms with van der Waals surface area (Å²) >= 11 is 0. The molecule has 0 unspecified atom stereocenters. The van der Waals surface area contributed by atoms with Gasteiger partial charge in [0.15, 0.2) is 0 Å². The molecule has 5 atom stereocenters. The maximum atomic E-state index is 13.6. The molecule has 1 aliphatic heterocycles. The largest absolute Gasteiger partial charge is 0.480 e. The molecule has 224 valence electrons. The van der Waals surface area contributed by atoms with Crippen LogP contribution in [0.2, 0.25) is 0 Å². The lowest BCUT2D eigenvalue weighted by molar-refractivity contribution is -0.145. The van der Waals surface area contributed by atoms with Crippen LogP contribution < -0.4 is 27.4 Å². The first-order valence-corrected chi connectivity index (χ1v) is 13.8. The zero-order chi connectivity index (χ0) is 29.7. The van der Waals surface area contributed by atoms with E-state index in [1.165, 1.54) is 4.90 Å². The first kappa shape index (κ1) is 34.3. The van der Waals surface area contributed by atoms with Gasteiger partial charge in [0.1, 0.15) is 24.2 Å². The van der Waals surface area contributed by atoms with Crippen molar-refractivity contribution in [3.8, 4) is 0 Å². The van der Waals surface area contributed by atoms with E-state index in [1.807, 2.05) is 27.7 Å². The van der Waals surface area contributed by atoms with Crippen LogP contribution >= 0.6 is 0 Å². The molecule has 0 aromatic rings. The molecular weight excluding hydrogens is 508 g/mol. The number of carbonyl (C=O) groups is 5. The third kappa shape index (κ3) is 11.5. The molecule has 1 fully saturated rings. The van der Waals surface area contributed by atoms with Crippen molar-refractivity contribution in [2.75, 3.05) is 19.7 Å². The average molecular weight is 557 g/mol. The van der Waals surface area contributed by atoms with Crippen molar-refractivity contribution in [3.63, 3.8) is 0 Å². The van der Waals surface area contributed by atoms with Crippen LogP contribution in [0, 0.1) is 11.8 Å². The molecule has 0 radical (unpaired) electrons. The minimum absolute atomic E-state index is 0.0182. The smallest absolute Gasteiger partial charge is 0.328 e. The molecule has 13 heteroatoms. The van der Waals surface area contributed by atoms with Crippen molar-refractivity contribution >= 4 is 29.6 Å². The third-order valence-corrected chi connectivity index (χ3v) is 6.60. The molecule has 4 amide bonds. The topological polar surface area (TPSA) is 217 Å². The van der Waals surface area contributed by atoms with Gasteiger partial charge in [0.05, 0.1) is 12.6 Å². The number of aliphatic carboxylic acids is 1. The summed E-state index contributed by atoms with van der Waals surface area (Å²) in [6, 6.07) is -5.06. The van der Waals surface area contributed by atoms with E-state index in [2.05, 4.69) is 16.0 Å². The molecule has 0 aromatic heterocycles. The SMILES string of the molecule is CC(C)C[C@H](NC(=O)[C@H](CCCCN)NC(=O)[C@@H](N)CC(C)C)C(=O)N1CCC[C@H]1C(=O)N[C@@H](CO)C(=O)O. The van der Waals surface area contributed by atoms with Crippen LogP contribution in [0.25, 0.3) is 0 Å². The third-order valence-electron chi connectivity index (χ3n) is 6.60. The number of hydrogen-bond donors (Lipinski definition) is 7. The summed E-state index contributed by atoms with van der Waals surface area (Å²) in [6.45, 7) is 7.58. The minimum atomic E-state index is -1.49. The Morgan fingerprint density at radius 3 is 2.05 bits per heavy atom. The highest BCUT2D eigenvalue weighted by molar-refractivity contribution is 5.95. The Hall–Kier alpha value is -2.77. The summed E-state index contributed by atoms with van der Waals surface area (Å²) in [5.74, 6) is -3.29. The Kier molecular flexibility index (Phi) is 15.0. The molecule has 0 saturated carbocycles. The van der Waals surface area contributed by atoms with Gasteiger partial charge in [-0.25, -0.2) is 4.79 Å². The van der Waals surface area contributed by atoms with Crippen LogP contribution in [0.4, 0.5) is 0 Å². The molecule has 9 N–H and O–H groups in total. The van der Waals surface area contributed by atoms with E-state index < -0.39 is 66.4 Å². The van der Waals surface area contributed by atoms with Gasteiger partial charge >= 0.3 is 5.97 Å². The van der Waals surface area contributed by atoms with Crippen LogP contribution in [0.1, 0.15) is 72.6 Å². The summed E-state index contributed by atoms with van der Waals surface area (Å²) in [7, 11) is 0. The lowest BCUT2D eigenvalue weighted by Crippen LogP contribution is -2.58. The number of carboxylic acids is 1. The zero-order valence-electron chi connectivity index (χ0n) is 23.7. The van der Waals surface area contributed by atoms with Crippen LogP contribution in [0.3, 0.4) is 0 Å². The van der Waals surface area contributed by atoms with Crippen molar-refractivity contribution in [1.29, 1.82) is 0 Å². The van der Waals surface area contributed by atoms with Gasteiger partial charge in [0, 0.05) is 6.54 Å². The molecule has 0 bridgehead atoms. The number of amides is 4. The van der Waals surface area contributed by atoms with Crippen LogP contribution in [0.5, 0.6) is 0 Å². The molecule has 0 aromatic carbocycles. The number of carbonyl (C=O) groups excluding carboxylic acids is 4. The zero-order valence-corrected chi connectivity index (χ0v) is 23.7. The highest BCUT2D eigenvalue weighted by Gasteiger charge is 2.39. The van der Waals surface area contributed by atoms with Crippen molar-refractivity contribution in [2.45, 2.75) is 103 Å². The van der Waals surface area contributed by atoms with Gasteiger partial charge in [-0.3, -0.25) is 19.2 Å². The number of rotatable bonds is 17. The van der Waals surface area contributed by atoms with Gasteiger partial charge in [-0.05, 0) is 63.3 Å². The highest BCUT2D eigenvalue weighted by Crippen LogP contribution is 2.21. The van der Waals surface area contributed by atoms with Crippen molar-refractivity contribution in [1.82, 2.24) is 20.9 Å². The second-order valence-electron chi connectivity index (χ2n) is 11.0. The maximum absolute atomic E-state index is 13.6. The number of aliphatic hydroxyl groups is 1. The van der Waals surface area contributed by atoms with Crippen LogP contribution in [-0.2, 0) is 24.0 Å². The van der Waals surface area contributed by atoms with E-state index in [-0.39, 0.29) is 18.4 Å². The standard InChI is InChI=1S/C26H48N6O7/c1-15(2)12-17(28)22(34)29-18(8-5-6-10-27)23(35)30-19(13-16(3)4)25(37)32-11-7-9-21(32)24(36)31-20(14-33)26(38)39/h15-21,33H,5-14,27-28H2,1-4H3,(H,29,34)(H,30,35)(H,31,36)(H,38,39)/t17-,18-,19-,20-,21-/m0/s1. The number of nitrogens with zero attached hydrogens (tertiary/aromatic N) is 1. The summed E-state index contributed by atoms with van der Waals surface area (Å²) in [5, 5.41) is 26.2. The average Bonchev–Trinajstić information content (AvgIpc) is 3.34. The lowest BCUT2D eigenvalue weighted by atomic mass is 10.00. The van der Waals surface area contributed by atoms with Gasteiger partial charge < -0.3 is 42.5 Å². The molecule has 13 nitrogen and oxygen atoms in total. The minimum Gasteiger partial charge on any atom is -0.480 e. The van der Waals surface area contributed by atoms with E-state index in [4.69, 9.17) is 16.6 Å². The Bertz CT molecular complexity index is 838.